The first-order chi connectivity index (χ1) is 19.1. The van der Waals surface area contributed by atoms with Crippen LogP contribution in [0.4, 0.5) is 11.4 Å². The number of nitro benzene ring substituents is 1. The fourth-order valence-corrected chi connectivity index (χ4v) is 5.15. The average Bonchev–Trinajstić information content (AvgIpc) is 3.59. The number of fused-ring (bicyclic) bond motifs is 1. The number of benzene rings is 4. The lowest BCUT2D eigenvalue weighted by Gasteiger charge is -2.25. The summed E-state index contributed by atoms with van der Waals surface area (Å²) in [5.74, 6) is 1.56. The van der Waals surface area contributed by atoms with E-state index in [9.17, 15) is 10.1 Å². The summed E-state index contributed by atoms with van der Waals surface area (Å²) in [7, 11) is 3.30. The Hall–Kier alpha value is -5.11. The minimum Gasteiger partial charge on any atom is -0.497 e. The number of aromatic amines is 1. The van der Waals surface area contributed by atoms with Crippen LogP contribution in [0, 0.1) is 10.1 Å². The molecule has 0 saturated heterocycles. The van der Waals surface area contributed by atoms with E-state index in [1.807, 2.05) is 65.7 Å². The van der Waals surface area contributed by atoms with Crippen molar-refractivity contribution in [2.75, 3.05) is 19.2 Å². The number of rotatable bonds is 7. The molecule has 1 N–H and O–H groups in total. The van der Waals surface area contributed by atoms with Crippen LogP contribution in [0.3, 0.4) is 0 Å². The minimum atomic E-state index is -0.390. The summed E-state index contributed by atoms with van der Waals surface area (Å²) in [6.07, 6.45) is 0.647. The zero-order valence-corrected chi connectivity index (χ0v) is 21.5. The van der Waals surface area contributed by atoms with E-state index in [0.29, 0.717) is 6.42 Å². The number of para-hydroxylation sites is 1. The molecule has 1 aliphatic heterocycles. The van der Waals surface area contributed by atoms with E-state index < -0.39 is 4.92 Å². The molecular formula is C31H26N4O4. The molecule has 5 aromatic rings. The number of hydrazone groups is 1. The zero-order valence-electron chi connectivity index (χ0n) is 21.5. The van der Waals surface area contributed by atoms with Crippen molar-refractivity contribution in [2.45, 2.75) is 12.5 Å². The number of ether oxygens (including phenoxy) is 2. The molecule has 4 aromatic carbocycles. The van der Waals surface area contributed by atoms with Gasteiger partial charge in [-0.3, -0.25) is 15.1 Å². The highest BCUT2D eigenvalue weighted by Crippen LogP contribution is 2.44. The third-order valence-electron chi connectivity index (χ3n) is 7.12. The number of nitrogens with zero attached hydrogens (tertiary/aromatic N) is 3. The highest BCUT2D eigenvalue weighted by atomic mass is 16.6. The summed E-state index contributed by atoms with van der Waals surface area (Å²) in [6, 6.07) is 30.5. The normalized spacial score (nSPS) is 14.9. The summed E-state index contributed by atoms with van der Waals surface area (Å²) in [5, 5.41) is 19.5. The molecule has 0 fully saturated rings. The first-order valence-electron chi connectivity index (χ1n) is 12.6. The Balaban J connectivity index is 1.50. The van der Waals surface area contributed by atoms with Crippen LogP contribution in [0.5, 0.6) is 11.5 Å². The smallest absolute Gasteiger partial charge is 0.269 e. The van der Waals surface area contributed by atoms with Gasteiger partial charge < -0.3 is 14.5 Å². The monoisotopic (exact) mass is 518 g/mol. The maximum absolute atomic E-state index is 11.3. The SMILES string of the molecule is COc1ccc(C2=NN(c3ccc([N+](=O)[O-])cc3)C(c3c(-c4ccc(OC)cc4)[nH]c4ccccc34)C2)cc1. The predicted octanol–water partition coefficient (Wildman–Crippen LogP) is 7.12. The first kappa shape index (κ1) is 24.2. The second-order valence-corrected chi connectivity index (χ2v) is 9.30. The second kappa shape index (κ2) is 9.98. The van der Waals surface area contributed by atoms with E-state index in [0.717, 1.165) is 56.2 Å². The highest BCUT2D eigenvalue weighted by Gasteiger charge is 2.34. The van der Waals surface area contributed by atoms with Gasteiger partial charge in [-0.1, -0.05) is 18.2 Å². The number of hydrogen-bond donors (Lipinski definition) is 1. The average molecular weight is 519 g/mol. The van der Waals surface area contributed by atoms with Gasteiger partial charge in [-0.15, -0.1) is 0 Å². The van der Waals surface area contributed by atoms with Crippen molar-refractivity contribution in [3.63, 3.8) is 0 Å². The lowest BCUT2D eigenvalue weighted by molar-refractivity contribution is -0.384. The van der Waals surface area contributed by atoms with Gasteiger partial charge >= 0.3 is 0 Å². The molecule has 1 aliphatic rings. The van der Waals surface area contributed by atoms with Gasteiger partial charge in [0.25, 0.3) is 5.69 Å². The van der Waals surface area contributed by atoms with E-state index >= 15 is 0 Å². The van der Waals surface area contributed by atoms with E-state index in [1.165, 1.54) is 12.1 Å². The molecular weight excluding hydrogens is 492 g/mol. The van der Waals surface area contributed by atoms with Gasteiger partial charge in [0.05, 0.1) is 42.3 Å². The van der Waals surface area contributed by atoms with Crippen LogP contribution >= 0.6 is 0 Å². The molecule has 0 amide bonds. The zero-order chi connectivity index (χ0) is 26.9. The largest absolute Gasteiger partial charge is 0.497 e. The molecule has 194 valence electrons. The maximum atomic E-state index is 11.3. The van der Waals surface area contributed by atoms with Crippen molar-refractivity contribution < 1.29 is 14.4 Å². The van der Waals surface area contributed by atoms with Crippen molar-refractivity contribution in [3.05, 3.63) is 118 Å². The van der Waals surface area contributed by atoms with Gasteiger partial charge in [-0.2, -0.15) is 5.10 Å². The van der Waals surface area contributed by atoms with Crippen molar-refractivity contribution in [1.29, 1.82) is 0 Å². The Labute approximate surface area is 225 Å². The summed E-state index contributed by atoms with van der Waals surface area (Å²) in [6.45, 7) is 0. The lowest BCUT2D eigenvalue weighted by Crippen LogP contribution is -2.19. The Morgan fingerprint density at radius 3 is 2.08 bits per heavy atom. The number of H-pyrrole nitrogens is 1. The molecule has 0 saturated carbocycles. The maximum Gasteiger partial charge on any atom is 0.269 e. The molecule has 8 nitrogen and oxygen atoms in total. The fourth-order valence-electron chi connectivity index (χ4n) is 5.15. The van der Waals surface area contributed by atoms with Gasteiger partial charge in [-0.25, -0.2) is 0 Å². The molecule has 6 rings (SSSR count). The van der Waals surface area contributed by atoms with Crippen LogP contribution < -0.4 is 14.5 Å². The molecule has 39 heavy (non-hydrogen) atoms. The van der Waals surface area contributed by atoms with Crippen molar-refractivity contribution >= 4 is 28.0 Å². The van der Waals surface area contributed by atoms with Gasteiger partial charge in [0.15, 0.2) is 0 Å². The Kier molecular flexibility index (Phi) is 6.20. The molecule has 1 atom stereocenters. The fraction of sp³-hybridized carbons (Fsp3) is 0.129. The van der Waals surface area contributed by atoms with E-state index in [4.69, 9.17) is 14.6 Å². The standard InChI is InChI=1S/C31H26N4O4/c1-38-24-15-7-20(8-16-24)28-19-29(34(33-28)22-11-13-23(14-12-22)35(36)37)30-26-5-3-4-6-27(26)32-31(30)21-9-17-25(39-2)18-10-21/h3-18,29,32H,19H2,1-2H3. The predicted molar refractivity (Wildman–Crippen MR) is 153 cm³/mol. The molecule has 0 spiro atoms. The summed E-state index contributed by atoms with van der Waals surface area (Å²) >= 11 is 0. The number of methoxy groups -OCH3 is 2. The van der Waals surface area contributed by atoms with Crippen LogP contribution in [0.25, 0.3) is 22.2 Å². The Bertz CT molecular complexity index is 1670. The van der Waals surface area contributed by atoms with Gasteiger partial charge in [0.2, 0.25) is 0 Å². The van der Waals surface area contributed by atoms with E-state index in [-0.39, 0.29) is 11.7 Å². The van der Waals surface area contributed by atoms with Crippen LogP contribution in [-0.4, -0.2) is 29.8 Å². The van der Waals surface area contributed by atoms with Crippen LogP contribution in [0.2, 0.25) is 0 Å². The number of anilines is 1. The van der Waals surface area contributed by atoms with Gasteiger partial charge in [0, 0.05) is 35.0 Å². The third kappa shape index (κ3) is 4.46. The molecule has 0 bridgehead atoms. The first-order valence-corrected chi connectivity index (χ1v) is 12.6. The second-order valence-electron chi connectivity index (χ2n) is 9.30. The Morgan fingerprint density at radius 1 is 0.846 bits per heavy atom. The molecule has 1 unspecified atom stereocenters. The quantitative estimate of drug-likeness (QED) is 0.183. The molecule has 8 heteroatoms. The van der Waals surface area contributed by atoms with Gasteiger partial charge in [-0.05, 0) is 77.9 Å². The van der Waals surface area contributed by atoms with Crippen LogP contribution in [0.1, 0.15) is 23.6 Å². The number of hydrogen-bond acceptors (Lipinski definition) is 6. The number of nitrogens with one attached hydrogen (secondary N) is 1. The third-order valence-corrected chi connectivity index (χ3v) is 7.12. The van der Waals surface area contributed by atoms with E-state index in [1.54, 1.807) is 26.4 Å². The van der Waals surface area contributed by atoms with Crippen LogP contribution in [0.15, 0.2) is 102 Å². The van der Waals surface area contributed by atoms with Gasteiger partial charge in [0.1, 0.15) is 11.5 Å². The minimum absolute atomic E-state index is 0.0415. The summed E-state index contributed by atoms with van der Waals surface area (Å²) in [4.78, 5) is 14.6. The van der Waals surface area contributed by atoms with Crippen molar-refractivity contribution in [3.8, 4) is 22.8 Å². The van der Waals surface area contributed by atoms with Crippen molar-refractivity contribution in [1.82, 2.24) is 4.98 Å². The lowest BCUT2D eigenvalue weighted by atomic mass is 9.93. The molecule has 1 aromatic heterocycles. The summed E-state index contributed by atoms with van der Waals surface area (Å²) < 4.78 is 10.7. The molecule has 0 aliphatic carbocycles. The van der Waals surface area contributed by atoms with Crippen molar-refractivity contribution in [2.24, 2.45) is 5.10 Å². The van der Waals surface area contributed by atoms with E-state index in [2.05, 4.69) is 17.1 Å². The van der Waals surface area contributed by atoms with Crippen LogP contribution in [-0.2, 0) is 0 Å². The number of non-ortho nitro benzene ring substituents is 1. The summed E-state index contributed by atoms with van der Waals surface area (Å²) in [5.41, 5.74) is 6.91. The Morgan fingerprint density at radius 2 is 1.46 bits per heavy atom. The molecule has 2 heterocycles. The topological polar surface area (TPSA) is 93.0 Å². The highest BCUT2D eigenvalue weighted by molar-refractivity contribution is 6.04. The number of aromatic nitrogens is 1. The molecule has 0 radical (unpaired) electrons. The number of nitro groups is 1.